The van der Waals surface area contributed by atoms with Crippen molar-refractivity contribution in [3.05, 3.63) is 52.7 Å². The molecule has 1 saturated heterocycles. The van der Waals surface area contributed by atoms with Gasteiger partial charge >= 0.3 is 0 Å². The van der Waals surface area contributed by atoms with Crippen LogP contribution in [0, 0.1) is 0 Å². The van der Waals surface area contributed by atoms with Crippen molar-refractivity contribution in [3.8, 4) is 0 Å². The second kappa shape index (κ2) is 8.13. The highest BCUT2D eigenvalue weighted by molar-refractivity contribution is 5.96. The number of morpholine rings is 1. The number of nitrogens with one attached hydrogen (secondary N) is 1. The van der Waals surface area contributed by atoms with Crippen LogP contribution in [0.3, 0.4) is 0 Å². The Kier molecular flexibility index (Phi) is 5.67. The molecule has 1 amide bonds. The van der Waals surface area contributed by atoms with Crippen LogP contribution in [0.15, 0.2) is 47.2 Å². The van der Waals surface area contributed by atoms with Crippen molar-refractivity contribution in [1.82, 2.24) is 10.2 Å². The van der Waals surface area contributed by atoms with E-state index in [0.717, 1.165) is 42.8 Å². The van der Waals surface area contributed by atoms with E-state index in [0.29, 0.717) is 13.2 Å². The van der Waals surface area contributed by atoms with E-state index in [2.05, 4.69) is 28.4 Å². The first kappa shape index (κ1) is 16.7. The number of carbonyl (C=O) groups excluding carboxylic acids is 1. The second-order valence-corrected chi connectivity index (χ2v) is 5.99. The third kappa shape index (κ3) is 3.86. The smallest absolute Gasteiger partial charge is 0.249 e. The Morgan fingerprint density at radius 1 is 1.21 bits per heavy atom. The van der Waals surface area contributed by atoms with Gasteiger partial charge in [0.1, 0.15) is 0 Å². The van der Waals surface area contributed by atoms with Gasteiger partial charge in [-0.3, -0.25) is 4.79 Å². The van der Waals surface area contributed by atoms with Crippen molar-refractivity contribution < 1.29 is 14.6 Å². The molecule has 1 aliphatic heterocycles. The van der Waals surface area contributed by atoms with E-state index in [1.165, 1.54) is 5.57 Å². The number of rotatable bonds is 5. The molecule has 0 unspecified atom stereocenters. The van der Waals surface area contributed by atoms with Gasteiger partial charge in [0.25, 0.3) is 0 Å². The number of hydrogen-bond donors (Lipinski definition) is 2. The summed E-state index contributed by atoms with van der Waals surface area (Å²) in [6.45, 7) is 3.23. The largest absolute Gasteiger partial charge is 0.395 e. The number of aliphatic hydroxyl groups excluding tert-OH is 1. The average Bonchev–Trinajstić information content (AvgIpc) is 3.05. The molecular weight excluding hydrogens is 304 g/mol. The zero-order valence-corrected chi connectivity index (χ0v) is 13.8. The van der Waals surface area contributed by atoms with Crippen LogP contribution in [-0.2, 0) is 9.53 Å². The molecule has 5 heteroatoms. The van der Waals surface area contributed by atoms with Gasteiger partial charge in [-0.1, -0.05) is 30.3 Å². The zero-order valence-electron chi connectivity index (χ0n) is 13.8. The second-order valence-electron chi connectivity index (χ2n) is 5.99. The lowest BCUT2D eigenvalue weighted by Gasteiger charge is -2.31. The van der Waals surface area contributed by atoms with Crippen molar-refractivity contribution in [3.63, 3.8) is 0 Å². The molecule has 2 aliphatic rings. The molecule has 1 aliphatic carbocycles. The number of allylic oxidation sites excluding steroid dienone is 1. The van der Waals surface area contributed by atoms with Crippen LogP contribution < -0.4 is 5.32 Å². The SMILES string of the molecule is O=C(NCCO)C1=C(N2CCOCC2)/C(=C\c2ccccc2)CC1. The molecule has 0 bridgehead atoms. The predicted molar refractivity (Wildman–Crippen MR) is 93.2 cm³/mol. The standard InChI is InChI=1S/C19H24N2O3/c22-11-8-20-19(23)17-7-6-16(14-15-4-2-1-3-5-15)18(17)21-9-12-24-13-10-21/h1-5,14,22H,6-13H2,(H,20,23)/b16-14-. The maximum absolute atomic E-state index is 12.5. The molecule has 1 fully saturated rings. The first-order chi connectivity index (χ1) is 11.8. The monoisotopic (exact) mass is 328 g/mol. The summed E-state index contributed by atoms with van der Waals surface area (Å²) in [5.41, 5.74) is 4.23. The topological polar surface area (TPSA) is 61.8 Å². The lowest BCUT2D eigenvalue weighted by Crippen LogP contribution is -2.37. The summed E-state index contributed by atoms with van der Waals surface area (Å²) in [5.74, 6) is -0.0676. The van der Waals surface area contributed by atoms with E-state index in [1.807, 2.05) is 18.2 Å². The first-order valence-electron chi connectivity index (χ1n) is 8.50. The quantitative estimate of drug-likeness (QED) is 0.861. The number of ether oxygens (including phenoxy) is 1. The maximum Gasteiger partial charge on any atom is 0.249 e. The normalized spacial score (nSPS) is 19.9. The van der Waals surface area contributed by atoms with Gasteiger partial charge in [-0.05, 0) is 30.1 Å². The summed E-state index contributed by atoms with van der Waals surface area (Å²) in [6.07, 6.45) is 3.78. The minimum atomic E-state index is -0.0676. The van der Waals surface area contributed by atoms with Crippen LogP contribution >= 0.6 is 0 Å². The molecule has 0 radical (unpaired) electrons. The summed E-state index contributed by atoms with van der Waals surface area (Å²) < 4.78 is 5.46. The molecule has 0 saturated carbocycles. The van der Waals surface area contributed by atoms with Gasteiger partial charge in [-0.2, -0.15) is 0 Å². The third-order valence-corrected chi connectivity index (χ3v) is 4.37. The van der Waals surface area contributed by atoms with E-state index >= 15 is 0 Å². The van der Waals surface area contributed by atoms with Crippen molar-refractivity contribution in [1.29, 1.82) is 0 Å². The Morgan fingerprint density at radius 2 is 1.96 bits per heavy atom. The summed E-state index contributed by atoms with van der Waals surface area (Å²) in [7, 11) is 0. The van der Waals surface area contributed by atoms with Gasteiger partial charge in [0.2, 0.25) is 5.91 Å². The van der Waals surface area contributed by atoms with Gasteiger partial charge in [-0.15, -0.1) is 0 Å². The Balaban J connectivity index is 1.92. The molecule has 5 nitrogen and oxygen atoms in total. The van der Waals surface area contributed by atoms with E-state index in [4.69, 9.17) is 9.84 Å². The van der Waals surface area contributed by atoms with Crippen molar-refractivity contribution in [2.75, 3.05) is 39.5 Å². The lowest BCUT2D eigenvalue weighted by atomic mass is 10.1. The fraction of sp³-hybridized carbons (Fsp3) is 0.421. The van der Waals surface area contributed by atoms with Crippen LogP contribution in [0.4, 0.5) is 0 Å². The third-order valence-electron chi connectivity index (χ3n) is 4.37. The highest BCUT2D eigenvalue weighted by Gasteiger charge is 2.29. The highest BCUT2D eigenvalue weighted by atomic mass is 16.5. The molecule has 2 N–H and O–H groups in total. The van der Waals surface area contributed by atoms with Gasteiger partial charge in [0.15, 0.2) is 0 Å². The molecule has 0 atom stereocenters. The molecule has 128 valence electrons. The molecular formula is C19H24N2O3. The Bertz CT molecular complexity index is 631. The molecule has 24 heavy (non-hydrogen) atoms. The van der Waals surface area contributed by atoms with Gasteiger partial charge < -0.3 is 20.1 Å². The minimum Gasteiger partial charge on any atom is -0.395 e. The number of amides is 1. The highest BCUT2D eigenvalue weighted by Crippen LogP contribution is 2.35. The Hall–Kier alpha value is -2.11. The van der Waals surface area contributed by atoms with E-state index in [-0.39, 0.29) is 19.1 Å². The van der Waals surface area contributed by atoms with E-state index in [9.17, 15) is 4.79 Å². The van der Waals surface area contributed by atoms with Crippen LogP contribution in [0.2, 0.25) is 0 Å². The number of aliphatic hydroxyl groups is 1. The lowest BCUT2D eigenvalue weighted by molar-refractivity contribution is -0.117. The first-order valence-corrected chi connectivity index (χ1v) is 8.50. The van der Waals surface area contributed by atoms with Crippen molar-refractivity contribution in [2.24, 2.45) is 0 Å². The summed E-state index contributed by atoms with van der Waals surface area (Å²) >= 11 is 0. The van der Waals surface area contributed by atoms with Gasteiger partial charge in [0, 0.05) is 30.9 Å². The predicted octanol–water partition coefficient (Wildman–Crippen LogP) is 1.56. The molecule has 0 spiro atoms. The van der Waals surface area contributed by atoms with Crippen LogP contribution in [0.1, 0.15) is 18.4 Å². The molecule has 1 heterocycles. The maximum atomic E-state index is 12.5. The van der Waals surface area contributed by atoms with Crippen LogP contribution in [0.25, 0.3) is 6.08 Å². The summed E-state index contributed by atoms with van der Waals surface area (Å²) in [6, 6.07) is 10.2. The molecule has 1 aromatic carbocycles. The average molecular weight is 328 g/mol. The zero-order chi connectivity index (χ0) is 16.8. The fourth-order valence-corrected chi connectivity index (χ4v) is 3.26. The number of nitrogens with zero attached hydrogens (tertiary/aromatic N) is 1. The number of carbonyl (C=O) groups is 1. The fourth-order valence-electron chi connectivity index (χ4n) is 3.26. The Morgan fingerprint density at radius 3 is 2.67 bits per heavy atom. The molecule has 0 aromatic heterocycles. The Labute approximate surface area is 142 Å². The van der Waals surface area contributed by atoms with Crippen molar-refractivity contribution >= 4 is 12.0 Å². The van der Waals surface area contributed by atoms with E-state index in [1.54, 1.807) is 0 Å². The van der Waals surface area contributed by atoms with E-state index < -0.39 is 0 Å². The molecule has 3 rings (SSSR count). The van der Waals surface area contributed by atoms with Gasteiger partial charge in [0.05, 0.1) is 19.8 Å². The number of benzene rings is 1. The van der Waals surface area contributed by atoms with Crippen molar-refractivity contribution in [2.45, 2.75) is 12.8 Å². The summed E-state index contributed by atoms with van der Waals surface area (Å²) in [5, 5.41) is 11.7. The van der Waals surface area contributed by atoms with Crippen LogP contribution in [0.5, 0.6) is 0 Å². The number of hydrogen-bond acceptors (Lipinski definition) is 4. The summed E-state index contributed by atoms with van der Waals surface area (Å²) in [4.78, 5) is 14.8. The van der Waals surface area contributed by atoms with Crippen LogP contribution in [-0.4, -0.2) is 55.4 Å². The molecule has 1 aromatic rings. The van der Waals surface area contributed by atoms with Gasteiger partial charge in [-0.25, -0.2) is 0 Å². The minimum absolute atomic E-state index is 0.0430.